The molecule has 6 aromatic carbocycles. The molecule has 1 nitrogen and oxygen atoms in total. The minimum Gasteiger partial charge on any atom is -0.399 e. The molecule has 6 aromatic rings. The lowest BCUT2D eigenvalue weighted by atomic mass is 9.90. The minimum absolute atomic E-state index is 0.822. The Kier molecular flexibility index (Phi) is 3.65. The summed E-state index contributed by atoms with van der Waals surface area (Å²) in [7, 11) is 0. The van der Waals surface area contributed by atoms with Gasteiger partial charge in [0.25, 0.3) is 0 Å². The van der Waals surface area contributed by atoms with Crippen LogP contribution in [0.25, 0.3) is 43.1 Å². The Morgan fingerprint density at radius 2 is 0.741 bits per heavy atom. The topological polar surface area (TPSA) is 26.0 Å². The van der Waals surface area contributed by atoms with Gasteiger partial charge in [0.05, 0.1) is 0 Å². The number of nitrogen functional groups attached to an aromatic ring is 1. The van der Waals surface area contributed by atoms with E-state index >= 15 is 0 Å². The van der Waals surface area contributed by atoms with Crippen LogP contribution in [-0.4, -0.2) is 0 Å². The summed E-state index contributed by atoms with van der Waals surface area (Å²) in [5.74, 6) is 0. The van der Waals surface area contributed by atoms with Gasteiger partial charge in [-0.2, -0.15) is 0 Å². The van der Waals surface area contributed by atoms with Gasteiger partial charge in [0, 0.05) is 5.69 Å². The van der Waals surface area contributed by atoms with Crippen LogP contribution in [0.4, 0.5) is 5.69 Å². The van der Waals surface area contributed by atoms with E-state index in [9.17, 15) is 0 Å². The smallest absolute Gasteiger partial charge is 0.0313 e. The second-order valence-corrected chi connectivity index (χ2v) is 6.83. The molecule has 0 aliphatic carbocycles. The fourth-order valence-electron chi connectivity index (χ4n) is 4.03. The maximum absolute atomic E-state index is 5.36. The highest BCUT2D eigenvalue weighted by Crippen LogP contribution is 2.39. The summed E-state index contributed by atoms with van der Waals surface area (Å²) in [4.78, 5) is 0. The average Bonchev–Trinajstić information content (AvgIpc) is 2.73. The predicted molar refractivity (Wildman–Crippen MR) is 119 cm³/mol. The van der Waals surface area contributed by atoms with Gasteiger partial charge < -0.3 is 5.73 Å². The number of hydrogen-bond donors (Lipinski definition) is 1. The molecule has 0 amide bonds. The summed E-state index contributed by atoms with van der Waals surface area (Å²) >= 11 is 0. The Hall–Kier alpha value is -3.58. The zero-order valence-electron chi connectivity index (χ0n) is 14.9. The van der Waals surface area contributed by atoms with Crippen LogP contribution in [0, 0.1) is 0 Å². The van der Waals surface area contributed by atoms with Crippen molar-refractivity contribution in [1.29, 1.82) is 0 Å². The number of nitrogens with two attached hydrogens (primary N) is 1. The highest BCUT2D eigenvalue weighted by molar-refractivity contribution is 6.32. The van der Waals surface area contributed by atoms with Crippen molar-refractivity contribution in [2.24, 2.45) is 0 Å². The maximum atomic E-state index is 5.36. The van der Waals surface area contributed by atoms with Gasteiger partial charge in [-0.1, -0.05) is 91.0 Å². The Labute approximate surface area is 158 Å². The fraction of sp³-hybridized carbons (Fsp3) is 0. The molecule has 0 aliphatic rings. The van der Waals surface area contributed by atoms with E-state index in [0.717, 1.165) is 5.69 Å². The van der Waals surface area contributed by atoms with E-state index in [2.05, 4.69) is 72.8 Å². The van der Waals surface area contributed by atoms with Crippen LogP contribution in [0.5, 0.6) is 0 Å². The first-order chi connectivity index (χ1) is 13.3. The summed E-state index contributed by atoms with van der Waals surface area (Å²) in [6.07, 6.45) is 0. The monoisotopic (exact) mass is 345 g/mol. The molecule has 0 atom stereocenters. The van der Waals surface area contributed by atoms with Crippen molar-refractivity contribution in [1.82, 2.24) is 0 Å². The molecule has 0 unspecified atom stereocenters. The SMILES string of the molecule is Nc1ccccc1.c1cc2cccc3c4cccc5cccc(c(c1)c23)c54. The Balaban J connectivity index is 0.000000195. The average molecular weight is 345 g/mol. The number of hydrogen-bond acceptors (Lipinski definition) is 1. The van der Waals surface area contributed by atoms with Crippen molar-refractivity contribution in [2.75, 3.05) is 5.73 Å². The third kappa shape index (κ3) is 2.56. The molecule has 0 heterocycles. The van der Waals surface area contributed by atoms with E-state index in [4.69, 9.17) is 5.73 Å². The standard InChI is InChI=1S/C20H12.C6H7N/c1-5-13-6-2-11-17-18-12-4-8-14-7-3-10-16(20(14)18)15(9-1)19(13)17;7-6-4-2-1-3-5-6/h1-12H;1-5H,7H2. The van der Waals surface area contributed by atoms with E-state index in [0.29, 0.717) is 0 Å². The van der Waals surface area contributed by atoms with Crippen molar-refractivity contribution >= 4 is 48.8 Å². The molecule has 0 spiro atoms. The molecule has 0 radical (unpaired) electrons. The predicted octanol–water partition coefficient (Wildman–Crippen LogP) is 7.01. The molecule has 1 heteroatoms. The molecule has 2 N–H and O–H groups in total. The normalized spacial score (nSPS) is 11.1. The molecule has 0 saturated heterocycles. The Bertz CT molecular complexity index is 1200. The van der Waals surface area contributed by atoms with Gasteiger partial charge >= 0.3 is 0 Å². The van der Waals surface area contributed by atoms with Crippen molar-refractivity contribution in [3.05, 3.63) is 103 Å². The summed E-state index contributed by atoms with van der Waals surface area (Å²) in [6, 6.07) is 35.9. The van der Waals surface area contributed by atoms with Gasteiger partial charge in [0.2, 0.25) is 0 Å². The molecular weight excluding hydrogens is 326 g/mol. The van der Waals surface area contributed by atoms with Gasteiger partial charge in [-0.25, -0.2) is 0 Å². The minimum atomic E-state index is 0.822. The lowest BCUT2D eigenvalue weighted by molar-refractivity contribution is 1.69. The van der Waals surface area contributed by atoms with Crippen LogP contribution in [-0.2, 0) is 0 Å². The summed E-state index contributed by atoms with van der Waals surface area (Å²) in [5, 5.41) is 10.9. The van der Waals surface area contributed by atoms with Crippen molar-refractivity contribution in [2.45, 2.75) is 0 Å². The van der Waals surface area contributed by atoms with Crippen molar-refractivity contribution in [3.63, 3.8) is 0 Å². The van der Waals surface area contributed by atoms with Crippen LogP contribution in [0.1, 0.15) is 0 Å². The highest BCUT2D eigenvalue weighted by Gasteiger charge is 2.11. The summed E-state index contributed by atoms with van der Waals surface area (Å²) in [6.45, 7) is 0. The van der Waals surface area contributed by atoms with Crippen molar-refractivity contribution < 1.29 is 0 Å². The maximum Gasteiger partial charge on any atom is 0.0313 e. The molecule has 0 saturated carbocycles. The van der Waals surface area contributed by atoms with Crippen LogP contribution in [0.15, 0.2) is 103 Å². The van der Waals surface area contributed by atoms with Gasteiger partial charge in [-0.3, -0.25) is 0 Å². The number of fused-ring (bicyclic) bond motifs is 2. The number of rotatable bonds is 0. The van der Waals surface area contributed by atoms with Crippen LogP contribution < -0.4 is 5.73 Å². The quantitative estimate of drug-likeness (QED) is 0.179. The summed E-state index contributed by atoms with van der Waals surface area (Å²) in [5.41, 5.74) is 6.18. The van der Waals surface area contributed by atoms with Crippen LogP contribution in [0.2, 0.25) is 0 Å². The summed E-state index contributed by atoms with van der Waals surface area (Å²) < 4.78 is 0. The second-order valence-electron chi connectivity index (χ2n) is 6.83. The third-order valence-corrected chi connectivity index (χ3v) is 5.19. The molecule has 6 rings (SSSR count). The number of anilines is 1. The van der Waals surface area contributed by atoms with Crippen molar-refractivity contribution in [3.8, 4) is 0 Å². The Morgan fingerprint density at radius 3 is 1.04 bits per heavy atom. The molecule has 27 heavy (non-hydrogen) atoms. The highest BCUT2D eigenvalue weighted by atomic mass is 14.5. The number of para-hydroxylation sites is 1. The van der Waals surface area contributed by atoms with E-state index in [1.807, 2.05) is 30.3 Å². The molecule has 0 fully saturated rings. The first kappa shape index (κ1) is 15.7. The second kappa shape index (κ2) is 6.30. The lowest BCUT2D eigenvalue weighted by Crippen LogP contribution is -1.85. The lowest BCUT2D eigenvalue weighted by Gasteiger charge is -2.13. The zero-order valence-corrected chi connectivity index (χ0v) is 14.9. The first-order valence-electron chi connectivity index (χ1n) is 9.18. The van der Waals surface area contributed by atoms with Gasteiger partial charge in [-0.05, 0) is 55.2 Å². The van der Waals surface area contributed by atoms with Gasteiger partial charge in [0.1, 0.15) is 0 Å². The van der Waals surface area contributed by atoms with Crippen LogP contribution >= 0.6 is 0 Å². The van der Waals surface area contributed by atoms with E-state index in [1.54, 1.807) is 0 Å². The molecule has 0 bridgehead atoms. The third-order valence-electron chi connectivity index (χ3n) is 5.19. The van der Waals surface area contributed by atoms with E-state index < -0.39 is 0 Å². The zero-order chi connectivity index (χ0) is 18.2. The van der Waals surface area contributed by atoms with Gasteiger partial charge in [-0.15, -0.1) is 0 Å². The largest absolute Gasteiger partial charge is 0.399 e. The Morgan fingerprint density at radius 1 is 0.370 bits per heavy atom. The van der Waals surface area contributed by atoms with Gasteiger partial charge in [0.15, 0.2) is 0 Å². The molecule has 0 aromatic heterocycles. The molecule has 0 aliphatic heterocycles. The van der Waals surface area contributed by atoms with Crippen LogP contribution in [0.3, 0.4) is 0 Å². The van der Waals surface area contributed by atoms with E-state index in [-0.39, 0.29) is 0 Å². The molecule has 128 valence electrons. The molecular formula is C26H19N. The van der Waals surface area contributed by atoms with E-state index in [1.165, 1.54) is 43.1 Å². The number of benzene rings is 6. The fourth-order valence-corrected chi connectivity index (χ4v) is 4.03. The first-order valence-corrected chi connectivity index (χ1v) is 9.18.